The number of nitrogens with two attached hydrogens (primary N) is 1. The van der Waals surface area contributed by atoms with Gasteiger partial charge in [0.1, 0.15) is 5.82 Å². The maximum atomic E-state index is 5.84. The minimum absolute atomic E-state index is 0.668. The van der Waals surface area contributed by atoms with E-state index in [9.17, 15) is 0 Å². The highest BCUT2D eigenvalue weighted by molar-refractivity contribution is 5.43. The summed E-state index contributed by atoms with van der Waals surface area (Å²) in [6.45, 7) is 4.49. The van der Waals surface area contributed by atoms with Gasteiger partial charge in [-0.15, -0.1) is 0 Å². The van der Waals surface area contributed by atoms with E-state index in [4.69, 9.17) is 5.73 Å². The molecule has 0 spiro atoms. The molecule has 0 bridgehead atoms. The Morgan fingerprint density at radius 2 is 2.00 bits per heavy atom. The number of nitrogens with zero attached hydrogens (tertiary/aromatic N) is 1. The largest absolute Gasteiger partial charge is 0.382 e. The Kier molecular flexibility index (Phi) is 2.98. The van der Waals surface area contributed by atoms with Crippen LogP contribution in [-0.2, 0) is 6.42 Å². The zero-order chi connectivity index (χ0) is 10.8. The predicted molar refractivity (Wildman–Crippen MR) is 62.8 cm³/mol. The number of rotatable bonds is 2. The molecule has 0 saturated heterocycles. The second-order valence-corrected chi connectivity index (χ2v) is 4.81. The van der Waals surface area contributed by atoms with Crippen molar-refractivity contribution in [3.63, 3.8) is 0 Å². The van der Waals surface area contributed by atoms with Crippen LogP contribution in [0.2, 0.25) is 0 Å². The minimum Gasteiger partial charge on any atom is -0.382 e. The van der Waals surface area contributed by atoms with Crippen molar-refractivity contribution in [3.8, 4) is 0 Å². The first-order valence-electron chi connectivity index (χ1n) is 6.05. The van der Waals surface area contributed by atoms with Crippen LogP contribution in [0, 0.1) is 5.92 Å². The number of H-pyrrole nitrogens is 1. The topological polar surface area (TPSA) is 54.7 Å². The van der Waals surface area contributed by atoms with E-state index >= 15 is 0 Å². The van der Waals surface area contributed by atoms with Gasteiger partial charge < -0.3 is 5.73 Å². The van der Waals surface area contributed by atoms with Crippen LogP contribution in [0.5, 0.6) is 0 Å². The van der Waals surface area contributed by atoms with Crippen molar-refractivity contribution in [1.82, 2.24) is 10.2 Å². The zero-order valence-electron chi connectivity index (χ0n) is 9.71. The van der Waals surface area contributed by atoms with Gasteiger partial charge in [-0.05, 0) is 25.2 Å². The van der Waals surface area contributed by atoms with Crippen LogP contribution in [0.15, 0.2) is 0 Å². The van der Waals surface area contributed by atoms with E-state index in [1.807, 2.05) is 0 Å². The lowest BCUT2D eigenvalue weighted by Gasteiger charge is -2.25. The molecule has 3 N–H and O–H groups in total. The average molecular weight is 207 g/mol. The molecule has 1 aliphatic rings. The third-order valence-corrected chi connectivity index (χ3v) is 3.71. The van der Waals surface area contributed by atoms with Crippen LogP contribution in [-0.4, -0.2) is 10.2 Å². The van der Waals surface area contributed by atoms with Crippen molar-refractivity contribution in [2.24, 2.45) is 5.92 Å². The molecule has 0 aromatic carbocycles. The number of nitrogen functional groups attached to an aromatic ring is 1. The van der Waals surface area contributed by atoms with E-state index in [0.717, 1.165) is 12.3 Å². The normalized spacial score (nSPS) is 26.8. The number of aromatic nitrogens is 2. The third kappa shape index (κ3) is 2.01. The Bertz CT molecular complexity index is 322. The molecule has 1 heterocycles. The van der Waals surface area contributed by atoms with E-state index in [1.165, 1.54) is 36.9 Å². The smallest absolute Gasteiger partial charge is 0.148 e. The number of aromatic amines is 1. The molecule has 1 fully saturated rings. The van der Waals surface area contributed by atoms with Gasteiger partial charge in [0.25, 0.3) is 0 Å². The molecule has 0 aliphatic heterocycles. The Labute approximate surface area is 91.4 Å². The molecule has 84 valence electrons. The fraction of sp³-hybridized carbons (Fsp3) is 0.750. The lowest BCUT2D eigenvalue weighted by molar-refractivity contribution is 0.343. The van der Waals surface area contributed by atoms with Crippen molar-refractivity contribution >= 4 is 5.82 Å². The predicted octanol–water partition coefficient (Wildman–Crippen LogP) is 2.85. The van der Waals surface area contributed by atoms with Crippen LogP contribution in [0.1, 0.15) is 56.7 Å². The van der Waals surface area contributed by atoms with Gasteiger partial charge in [0.05, 0.1) is 0 Å². The van der Waals surface area contributed by atoms with E-state index < -0.39 is 0 Å². The first kappa shape index (κ1) is 10.5. The van der Waals surface area contributed by atoms with Gasteiger partial charge in [-0.1, -0.05) is 26.7 Å². The van der Waals surface area contributed by atoms with Gasteiger partial charge in [-0.3, -0.25) is 5.10 Å². The Hall–Kier alpha value is -0.990. The summed E-state index contributed by atoms with van der Waals surface area (Å²) in [4.78, 5) is 0. The molecule has 2 rings (SSSR count). The summed E-state index contributed by atoms with van der Waals surface area (Å²) < 4.78 is 0. The standard InChI is InChI=1S/C12H21N3/c1-3-10-11(14-15-12(10)13)9-6-4-8(2)5-7-9/h8-9H,3-7H2,1-2H3,(H3,13,14,15). The first-order chi connectivity index (χ1) is 7.22. The molecule has 3 heteroatoms. The summed E-state index contributed by atoms with van der Waals surface area (Å²) in [7, 11) is 0. The van der Waals surface area contributed by atoms with Crippen molar-refractivity contribution < 1.29 is 0 Å². The quantitative estimate of drug-likeness (QED) is 0.783. The monoisotopic (exact) mass is 207 g/mol. The molecule has 0 amide bonds. The third-order valence-electron chi connectivity index (χ3n) is 3.71. The maximum absolute atomic E-state index is 5.84. The van der Waals surface area contributed by atoms with Crippen molar-refractivity contribution in [1.29, 1.82) is 0 Å². The van der Waals surface area contributed by atoms with Gasteiger partial charge in [0.2, 0.25) is 0 Å². The zero-order valence-corrected chi connectivity index (χ0v) is 9.71. The van der Waals surface area contributed by atoms with Gasteiger partial charge >= 0.3 is 0 Å². The van der Waals surface area contributed by atoms with Crippen LogP contribution >= 0.6 is 0 Å². The number of hydrogen-bond donors (Lipinski definition) is 2. The molecule has 1 aromatic heterocycles. The second kappa shape index (κ2) is 4.25. The number of hydrogen-bond acceptors (Lipinski definition) is 2. The summed E-state index contributed by atoms with van der Waals surface area (Å²) in [6, 6.07) is 0. The van der Waals surface area contributed by atoms with Gasteiger partial charge in [0.15, 0.2) is 0 Å². The molecule has 0 radical (unpaired) electrons. The molecule has 3 nitrogen and oxygen atoms in total. The number of nitrogens with one attached hydrogen (secondary N) is 1. The molecule has 0 atom stereocenters. The summed E-state index contributed by atoms with van der Waals surface area (Å²) in [5, 5.41) is 7.27. The lowest BCUT2D eigenvalue weighted by Crippen LogP contribution is -2.12. The maximum Gasteiger partial charge on any atom is 0.148 e. The molecule has 1 saturated carbocycles. The van der Waals surface area contributed by atoms with Gasteiger partial charge in [0, 0.05) is 17.2 Å². The summed E-state index contributed by atoms with van der Waals surface area (Å²) in [6.07, 6.45) is 6.24. The fourth-order valence-electron chi connectivity index (χ4n) is 2.65. The van der Waals surface area contributed by atoms with Crippen LogP contribution in [0.25, 0.3) is 0 Å². The van der Waals surface area contributed by atoms with Crippen LogP contribution in [0.4, 0.5) is 5.82 Å². The van der Waals surface area contributed by atoms with E-state index in [2.05, 4.69) is 24.0 Å². The Morgan fingerprint density at radius 1 is 1.33 bits per heavy atom. The highest BCUT2D eigenvalue weighted by atomic mass is 15.2. The average Bonchev–Trinajstić information content (AvgIpc) is 2.61. The van der Waals surface area contributed by atoms with E-state index in [0.29, 0.717) is 11.7 Å². The molecule has 1 aromatic rings. The Morgan fingerprint density at radius 3 is 2.60 bits per heavy atom. The lowest BCUT2D eigenvalue weighted by atomic mass is 9.80. The SMILES string of the molecule is CCc1c(N)n[nH]c1C1CCC(C)CC1. The highest BCUT2D eigenvalue weighted by Gasteiger charge is 2.23. The Balaban J connectivity index is 2.15. The molecule has 15 heavy (non-hydrogen) atoms. The highest BCUT2D eigenvalue weighted by Crippen LogP contribution is 2.37. The van der Waals surface area contributed by atoms with Crippen molar-refractivity contribution in [3.05, 3.63) is 11.3 Å². The second-order valence-electron chi connectivity index (χ2n) is 4.81. The molecule has 1 aliphatic carbocycles. The van der Waals surface area contributed by atoms with Crippen molar-refractivity contribution in [2.45, 2.75) is 51.9 Å². The van der Waals surface area contributed by atoms with Crippen LogP contribution < -0.4 is 5.73 Å². The van der Waals surface area contributed by atoms with E-state index in [1.54, 1.807) is 0 Å². The van der Waals surface area contributed by atoms with Crippen LogP contribution in [0.3, 0.4) is 0 Å². The summed E-state index contributed by atoms with van der Waals surface area (Å²) in [5.74, 6) is 2.26. The summed E-state index contributed by atoms with van der Waals surface area (Å²) >= 11 is 0. The number of anilines is 1. The molecular weight excluding hydrogens is 186 g/mol. The van der Waals surface area contributed by atoms with Gasteiger partial charge in [-0.25, -0.2) is 0 Å². The van der Waals surface area contributed by atoms with Gasteiger partial charge in [-0.2, -0.15) is 5.10 Å². The summed E-state index contributed by atoms with van der Waals surface area (Å²) in [5.41, 5.74) is 8.40. The molecular formula is C12H21N3. The fourth-order valence-corrected chi connectivity index (χ4v) is 2.65. The van der Waals surface area contributed by atoms with E-state index in [-0.39, 0.29) is 0 Å². The molecule has 0 unspecified atom stereocenters. The first-order valence-corrected chi connectivity index (χ1v) is 6.05. The minimum atomic E-state index is 0.668. The van der Waals surface area contributed by atoms with Crippen molar-refractivity contribution in [2.75, 3.05) is 5.73 Å².